The molecule has 2 heterocycles. The Bertz CT molecular complexity index is 508. The van der Waals surface area contributed by atoms with E-state index >= 15 is 0 Å². The summed E-state index contributed by atoms with van der Waals surface area (Å²) in [6, 6.07) is 1.99. The van der Waals surface area contributed by atoms with Crippen molar-refractivity contribution in [1.82, 2.24) is 9.97 Å². The van der Waals surface area contributed by atoms with Crippen molar-refractivity contribution in [2.24, 2.45) is 5.73 Å². The van der Waals surface area contributed by atoms with Gasteiger partial charge < -0.3 is 5.73 Å². The lowest BCUT2D eigenvalue weighted by Crippen LogP contribution is -2.09. The first-order valence-corrected chi connectivity index (χ1v) is 6.58. The average molecular weight is 298 g/mol. The number of thiophene rings is 1. The lowest BCUT2D eigenvalue weighted by molar-refractivity contribution is 0.790. The second-order valence-corrected chi connectivity index (χ2v) is 5.48. The molecule has 2 rings (SSSR count). The van der Waals surface area contributed by atoms with Crippen LogP contribution in [0.3, 0.4) is 0 Å². The molecule has 16 heavy (non-hydrogen) atoms. The quantitative estimate of drug-likeness (QED) is 0.925. The van der Waals surface area contributed by atoms with Crippen LogP contribution in [0, 0.1) is 6.92 Å². The minimum atomic E-state index is -0.0240. The number of aromatic nitrogens is 2. The molecule has 3 nitrogen and oxygen atoms in total. The van der Waals surface area contributed by atoms with Gasteiger partial charge in [0.25, 0.3) is 0 Å². The maximum Gasteiger partial charge on any atom is 0.169 e. The molecule has 0 aliphatic carbocycles. The summed E-state index contributed by atoms with van der Waals surface area (Å²) in [6.07, 6.45) is 1.82. The normalized spacial score (nSPS) is 12.8. The van der Waals surface area contributed by atoms with Crippen LogP contribution in [0.4, 0.5) is 0 Å². The molecule has 0 fully saturated rings. The first-order chi connectivity index (χ1) is 7.58. The summed E-state index contributed by atoms with van der Waals surface area (Å²) in [5.74, 6) is 0.762. The molecule has 1 atom stereocenters. The monoisotopic (exact) mass is 297 g/mol. The zero-order valence-corrected chi connectivity index (χ0v) is 11.5. The Kier molecular flexibility index (Phi) is 3.37. The third-order valence-electron chi connectivity index (χ3n) is 2.30. The number of hydrogen-bond acceptors (Lipinski definition) is 4. The molecule has 0 aliphatic heterocycles. The standard InChI is InChI=1S/C11H12BrN3S/c1-6(13)9-4-14-11(15-7(9)2)10-3-8(12)5-16-10/h3-6H,13H2,1-2H3. The van der Waals surface area contributed by atoms with Crippen LogP contribution in [0.25, 0.3) is 10.7 Å². The molecular weight excluding hydrogens is 286 g/mol. The Morgan fingerprint density at radius 3 is 2.75 bits per heavy atom. The Balaban J connectivity index is 2.42. The number of nitrogens with two attached hydrogens (primary N) is 1. The van der Waals surface area contributed by atoms with Gasteiger partial charge >= 0.3 is 0 Å². The van der Waals surface area contributed by atoms with Crippen LogP contribution in [0.5, 0.6) is 0 Å². The molecule has 0 saturated carbocycles. The van der Waals surface area contributed by atoms with Gasteiger partial charge in [0, 0.05) is 33.3 Å². The highest BCUT2D eigenvalue weighted by Crippen LogP contribution is 2.28. The van der Waals surface area contributed by atoms with Gasteiger partial charge in [-0.1, -0.05) is 0 Å². The summed E-state index contributed by atoms with van der Waals surface area (Å²) in [6.45, 7) is 3.90. The maximum absolute atomic E-state index is 5.82. The molecule has 2 N–H and O–H groups in total. The second kappa shape index (κ2) is 4.61. The Labute approximate surface area is 107 Å². The van der Waals surface area contributed by atoms with Gasteiger partial charge in [0.1, 0.15) is 0 Å². The van der Waals surface area contributed by atoms with Crippen molar-refractivity contribution in [2.45, 2.75) is 19.9 Å². The molecule has 0 bridgehead atoms. The molecule has 0 amide bonds. The van der Waals surface area contributed by atoms with E-state index in [4.69, 9.17) is 5.73 Å². The number of aryl methyl sites for hydroxylation is 1. The van der Waals surface area contributed by atoms with Gasteiger partial charge in [-0.15, -0.1) is 11.3 Å². The average Bonchev–Trinajstić information content (AvgIpc) is 2.64. The number of nitrogens with zero attached hydrogens (tertiary/aromatic N) is 2. The molecule has 0 spiro atoms. The number of hydrogen-bond donors (Lipinski definition) is 1. The van der Waals surface area contributed by atoms with E-state index in [1.807, 2.05) is 31.5 Å². The van der Waals surface area contributed by atoms with Crippen molar-refractivity contribution in [3.05, 3.63) is 33.4 Å². The zero-order chi connectivity index (χ0) is 11.7. The lowest BCUT2D eigenvalue weighted by Gasteiger charge is -2.08. The Morgan fingerprint density at radius 2 is 2.25 bits per heavy atom. The molecule has 1 unspecified atom stereocenters. The van der Waals surface area contributed by atoms with Crippen molar-refractivity contribution in [1.29, 1.82) is 0 Å². The highest BCUT2D eigenvalue weighted by atomic mass is 79.9. The maximum atomic E-state index is 5.82. The largest absolute Gasteiger partial charge is 0.324 e. The van der Waals surface area contributed by atoms with Crippen LogP contribution in [0.1, 0.15) is 24.2 Å². The predicted octanol–water partition coefficient (Wildman–Crippen LogP) is 3.30. The van der Waals surface area contributed by atoms with Crippen LogP contribution in [-0.4, -0.2) is 9.97 Å². The lowest BCUT2D eigenvalue weighted by atomic mass is 10.1. The summed E-state index contributed by atoms with van der Waals surface area (Å²) >= 11 is 5.04. The van der Waals surface area contributed by atoms with E-state index in [1.165, 1.54) is 0 Å². The van der Waals surface area contributed by atoms with Crippen molar-refractivity contribution in [3.8, 4) is 10.7 Å². The van der Waals surface area contributed by atoms with Crippen molar-refractivity contribution >= 4 is 27.3 Å². The van der Waals surface area contributed by atoms with Gasteiger partial charge in [0.15, 0.2) is 5.82 Å². The highest BCUT2D eigenvalue weighted by molar-refractivity contribution is 9.10. The summed E-state index contributed by atoms with van der Waals surface area (Å²) in [5.41, 5.74) is 7.77. The third-order valence-corrected chi connectivity index (χ3v) is 3.98. The molecule has 5 heteroatoms. The molecule has 0 aliphatic rings. The molecular formula is C11H12BrN3S. The van der Waals surface area contributed by atoms with E-state index in [9.17, 15) is 0 Å². The van der Waals surface area contributed by atoms with Crippen LogP contribution >= 0.6 is 27.3 Å². The topological polar surface area (TPSA) is 51.8 Å². The molecule has 2 aromatic rings. The smallest absolute Gasteiger partial charge is 0.169 e. The van der Waals surface area contributed by atoms with Gasteiger partial charge in [-0.05, 0) is 35.8 Å². The summed E-state index contributed by atoms with van der Waals surface area (Å²) in [5, 5.41) is 2.02. The molecule has 84 valence electrons. The van der Waals surface area contributed by atoms with Crippen molar-refractivity contribution in [3.63, 3.8) is 0 Å². The van der Waals surface area contributed by atoms with E-state index in [-0.39, 0.29) is 6.04 Å². The Hall–Kier alpha value is -0.780. The SMILES string of the molecule is Cc1nc(-c2cc(Br)cs2)ncc1C(C)N. The summed E-state index contributed by atoms with van der Waals surface area (Å²) < 4.78 is 1.06. The van der Waals surface area contributed by atoms with Crippen LogP contribution < -0.4 is 5.73 Å². The minimum absolute atomic E-state index is 0.0240. The highest BCUT2D eigenvalue weighted by Gasteiger charge is 2.09. The fraction of sp³-hybridized carbons (Fsp3) is 0.273. The third kappa shape index (κ3) is 2.31. The fourth-order valence-corrected chi connectivity index (χ4v) is 2.84. The molecule has 0 aromatic carbocycles. The van der Waals surface area contributed by atoms with Crippen LogP contribution in [0.2, 0.25) is 0 Å². The van der Waals surface area contributed by atoms with E-state index in [0.29, 0.717) is 0 Å². The summed E-state index contributed by atoms with van der Waals surface area (Å²) in [4.78, 5) is 9.88. The van der Waals surface area contributed by atoms with Gasteiger partial charge in [0.2, 0.25) is 0 Å². The van der Waals surface area contributed by atoms with Gasteiger partial charge in [-0.3, -0.25) is 0 Å². The molecule has 2 aromatic heterocycles. The minimum Gasteiger partial charge on any atom is -0.324 e. The molecule has 0 radical (unpaired) electrons. The first kappa shape index (κ1) is 11.7. The first-order valence-electron chi connectivity index (χ1n) is 4.91. The van der Waals surface area contributed by atoms with Crippen LogP contribution in [0.15, 0.2) is 22.1 Å². The second-order valence-electron chi connectivity index (χ2n) is 3.65. The van der Waals surface area contributed by atoms with Gasteiger partial charge in [0.05, 0.1) is 4.88 Å². The van der Waals surface area contributed by atoms with E-state index < -0.39 is 0 Å². The number of halogens is 1. The number of rotatable bonds is 2. The molecule has 0 saturated heterocycles. The fourth-order valence-electron chi connectivity index (χ4n) is 1.47. The van der Waals surface area contributed by atoms with E-state index in [1.54, 1.807) is 11.3 Å². The van der Waals surface area contributed by atoms with E-state index in [2.05, 4.69) is 25.9 Å². The van der Waals surface area contributed by atoms with Crippen molar-refractivity contribution in [2.75, 3.05) is 0 Å². The zero-order valence-electron chi connectivity index (χ0n) is 9.07. The predicted molar refractivity (Wildman–Crippen MR) is 70.4 cm³/mol. The van der Waals surface area contributed by atoms with Crippen molar-refractivity contribution < 1.29 is 0 Å². The van der Waals surface area contributed by atoms with Gasteiger partial charge in [-0.2, -0.15) is 0 Å². The Morgan fingerprint density at radius 1 is 1.50 bits per heavy atom. The van der Waals surface area contributed by atoms with E-state index in [0.717, 1.165) is 26.4 Å². The van der Waals surface area contributed by atoms with Crippen LogP contribution in [-0.2, 0) is 0 Å². The summed E-state index contributed by atoms with van der Waals surface area (Å²) in [7, 11) is 0. The van der Waals surface area contributed by atoms with Gasteiger partial charge in [-0.25, -0.2) is 9.97 Å².